The van der Waals surface area contributed by atoms with Gasteiger partial charge < -0.3 is 47.4 Å². The normalized spacial score (nSPS) is 24.0. The third kappa shape index (κ3) is 15.3. The molecule has 0 unspecified atom stereocenters. The molecule has 0 aromatic heterocycles. The van der Waals surface area contributed by atoms with Gasteiger partial charge in [-0.05, 0) is 51.8 Å². The van der Waals surface area contributed by atoms with Crippen LogP contribution < -0.4 is 0 Å². The van der Waals surface area contributed by atoms with Gasteiger partial charge in [-0.1, -0.05) is 212 Å². The highest BCUT2D eigenvalue weighted by Crippen LogP contribution is 2.37. The van der Waals surface area contributed by atoms with Crippen LogP contribution in [-0.2, 0) is 93.6 Å². The van der Waals surface area contributed by atoms with E-state index in [1.807, 2.05) is 140 Å². The van der Waals surface area contributed by atoms with Crippen LogP contribution >= 0.6 is 0 Å². The smallest absolute Gasteiger partial charge is 0.186 e. The van der Waals surface area contributed by atoms with Crippen LogP contribution in [0.5, 0.6) is 0 Å². The van der Waals surface area contributed by atoms with E-state index < -0.39 is 61.2 Å². The Morgan fingerprint density at radius 3 is 0.877 bits per heavy atom. The number of hydrogen-bond donors (Lipinski definition) is 0. The molecule has 0 aliphatic carbocycles. The number of hydrogen-bond acceptors (Lipinski definition) is 10. The van der Waals surface area contributed by atoms with Crippen LogP contribution in [-0.4, -0.2) is 74.9 Å². The highest BCUT2D eigenvalue weighted by molar-refractivity contribution is 5.19. The molecule has 2 aliphatic rings. The van der Waals surface area contributed by atoms with Gasteiger partial charge >= 0.3 is 0 Å². The van der Waals surface area contributed by atoms with Crippen molar-refractivity contribution in [3.63, 3.8) is 0 Å². The lowest BCUT2D eigenvalue weighted by atomic mass is 9.88. The van der Waals surface area contributed by atoms with E-state index in [4.69, 9.17) is 47.4 Å². The lowest BCUT2D eigenvalue weighted by Crippen LogP contribution is -2.62. The van der Waals surface area contributed by atoms with Crippen molar-refractivity contribution in [1.82, 2.24) is 0 Å². The zero-order valence-electron chi connectivity index (χ0n) is 41.6. The predicted octanol–water partition coefficient (Wildman–Crippen LogP) is 11.6. The van der Waals surface area contributed by atoms with Crippen LogP contribution in [0.1, 0.15) is 51.8 Å². The van der Waals surface area contributed by atoms with Crippen LogP contribution in [0.2, 0.25) is 0 Å². The zero-order chi connectivity index (χ0) is 49.7. The minimum absolute atomic E-state index is 0.256. The van der Waals surface area contributed by atoms with Crippen LogP contribution in [0.4, 0.5) is 0 Å². The summed E-state index contributed by atoms with van der Waals surface area (Å²) in [6.07, 6.45) is -4.87. The monoisotopic (exact) mass is 984 g/mol. The number of methoxy groups -OCH3 is 1. The fraction of sp³-hybridized carbons (Fsp3) is 0.333. The van der Waals surface area contributed by atoms with E-state index in [-0.39, 0.29) is 6.61 Å². The molecular weight excluding hydrogens is 917 g/mol. The van der Waals surface area contributed by atoms with E-state index in [0.29, 0.717) is 59.1 Å². The van der Waals surface area contributed by atoms with Crippen LogP contribution in [0.15, 0.2) is 212 Å². The summed E-state index contributed by atoms with van der Waals surface area (Å²) in [5.74, 6) is 0. The molecule has 0 saturated carbocycles. The van der Waals surface area contributed by atoms with Crippen molar-refractivity contribution in [1.29, 1.82) is 0 Å². The Labute approximate surface area is 431 Å². The fourth-order valence-electron chi connectivity index (χ4n) is 9.61. The first kappa shape index (κ1) is 52.0. The van der Waals surface area contributed by atoms with Crippen molar-refractivity contribution < 1.29 is 47.4 Å². The van der Waals surface area contributed by atoms with Crippen molar-refractivity contribution in [2.45, 2.75) is 120 Å². The van der Waals surface area contributed by atoms with Gasteiger partial charge in [-0.3, -0.25) is 0 Å². The van der Waals surface area contributed by atoms with Crippen molar-refractivity contribution in [3.8, 4) is 0 Å². The maximum Gasteiger partial charge on any atom is 0.186 e. The van der Waals surface area contributed by atoms with Crippen LogP contribution in [0.25, 0.3) is 0 Å². The first-order chi connectivity index (χ1) is 36.2. The number of rotatable bonds is 26. The maximum atomic E-state index is 7.32. The molecule has 7 aromatic rings. The second kappa shape index (κ2) is 28.0. The van der Waals surface area contributed by atoms with Crippen LogP contribution in [0, 0.1) is 0 Å². The number of ether oxygens (including phenoxy) is 10. The summed E-state index contributed by atoms with van der Waals surface area (Å²) in [4.78, 5) is 0. The largest absolute Gasteiger partial charge is 0.374 e. The minimum Gasteiger partial charge on any atom is -0.374 e. The van der Waals surface area contributed by atoms with E-state index in [1.165, 1.54) is 0 Å². The predicted molar refractivity (Wildman–Crippen MR) is 280 cm³/mol. The average Bonchev–Trinajstić information content (AvgIpc) is 3.45. The molecule has 2 saturated heterocycles. The standard InChI is InChI=1S/C63H68O10/c1-64-63-62(71-45-53-35-21-8-22-36-53)61(70-44-52-33-19-7-20-34-52)58(67-41-49-27-13-4-14-28-49)55(73-63)38-37-54-57(66-40-48-25-11-3-12-26-48)60(69-43-51-31-17-6-18-32-51)59(68-42-50-29-15-5-16-30-50)56(72-54)46-65-39-47-23-9-2-10-24-47/h2-36,54-63H,37-46H2,1H3/t54-,55+,56+,57-,58+,59-,60+,61-,62+,63-/m0/s1. The molecule has 10 heteroatoms. The lowest BCUT2D eigenvalue weighted by Gasteiger charge is -2.48. The quantitative estimate of drug-likeness (QED) is 0.0522. The van der Waals surface area contributed by atoms with Crippen molar-refractivity contribution in [2.24, 2.45) is 0 Å². The molecule has 10 atom stereocenters. The van der Waals surface area contributed by atoms with Gasteiger partial charge in [0.2, 0.25) is 0 Å². The average molecular weight is 985 g/mol. The molecular formula is C63H68O10. The van der Waals surface area contributed by atoms with E-state index in [0.717, 1.165) is 38.9 Å². The molecule has 9 rings (SSSR count). The summed E-state index contributed by atoms with van der Waals surface area (Å²) in [5, 5.41) is 0. The molecule has 0 spiro atoms. The Morgan fingerprint density at radius 1 is 0.288 bits per heavy atom. The highest BCUT2D eigenvalue weighted by atomic mass is 16.7. The van der Waals surface area contributed by atoms with Gasteiger partial charge in [0.15, 0.2) is 6.29 Å². The van der Waals surface area contributed by atoms with Crippen LogP contribution in [0.3, 0.4) is 0 Å². The minimum atomic E-state index is -0.777. The summed E-state index contributed by atoms with van der Waals surface area (Å²) in [7, 11) is 1.65. The fourth-order valence-corrected chi connectivity index (χ4v) is 9.61. The molecule has 2 aliphatic heterocycles. The first-order valence-electron chi connectivity index (χ1n) is 25.6. The van der Waals surface area contributed by atoms with E-state index in [9.17, 15) is 0 Å². The molecule has 0 amide bonds. The molecule has 0 radical (unpaired) electrons. The summed E-state index contributed by atoms with van der Waals surface area (Å²) in [6.45, 7) is 2.68. The second-order valence-corrected chi connectivity index (χ2v) is 18.6. The van der Waals surface area contributed by atoms with Crippen molar-refractivity contribution in [2.75, 3.05) is 13.7 Å². The lowest BCUT2D eigenvalue weighted by molar-refractivity contribution is -0.320. The van der Waals surface area contributed by atoms with E-state index in [1.54, 1.807) is 7.11 Å². The summed E-state index contributed by atoms with van der Waals surface area (Å²) >= 11 is 0. The molecule has 10 nitrogen and oxygen atoms in total. The third-order valence-corrected chi connectivity index (χ3v) is 13.4. The van der Waals surface area contributed by atoms with Crippen molar-refractivity contribution >= 4 is 0 Å². The summed E-state index contributed by atoms with van der Waals surface area (Å²) in [6, 6.07) is 71.3. The van der Waals surface area contributed by atoms with Gasteiger partial charge in [-0.15, -0.1) is 0 Å². The van der Waals surface area contributed by atoms with Gasteiger partial charge in [0, 0.05) is 7.11 Å². The molecule has 380 valence electrons. The molecule has 73 heavy (non-hydrogen) atoms. The van der Waals surface area contributed by atoms with Crippen molar-refractivity contribution in [3.05, 3.63) is 251 Å². The first-order valence-corrected chi connectivity index (χ1v) is 25.6. The molecule has 7 aromatic carbocycles. The van der Waals surface area contributed by atoms with Gasteiger partial charge in [0.05, 0.1) is 65.1 Å². The SMILES string of the molecule is CO[C@H]1O[C@H](CC[C@@H]2O[C@H](COCc3ccccc3)[C@H](OCc3ccccc3)[C@H](OCc3ccccc3)[C@H]2OCc2ccccc2)[C@@H](OCc2ccccc2)[C@H](OCc2ccccc2)[C@H]1OCc1ccccc1. The summed E-state index contributed by atoms with van der Waals surface area (Å²) in [5.41, 5.74) is 7.26. The van der Waals surface area contributed by atoms with Gasteiger partial charge in [-0.2, -0.15) is 0 Å². The number of benzene rings is 7. The molecule has 0 bridgehead atoms. The molecule has 0 N–H and O–H groups in total. The highest BCUT2D eigenvalue weighted by Gasteiger charge is 2.51. The van der Waals surface area contributed by atoms with Gasteiger partial charge in [0.1, 0.15) is 42.7 Å². The third-order valence-electron chi connectivity index (χ3n) is 13.4. The summed E-state index contributed by atoms with van der Waals surface area (Å²) < 4.78 is 69.0. The Kier molecular flexibility index (Phi) is 19.9. The maximum absolute atomic E-state index is 7.32. The molecule has 2 heterocycles. The van der Waals surface area contributed by atoms with Gasteiger partial charge in [0.25, 0.3) is 0 Å². The van der Waals surface area contributed by atoms with Gasteiger partial charge in [-0.25, -0.2) is 0 Å². The molecule has 2 fully saturated rings. The Balaban J connectivity index is 1.05. The van der Waals surface area contributed by atoms with E-state index in [2.05, 4.69) is 72.8 Å². The van der Waals surface area contributed by atoms with E-state index >= 15 is 0 Å². The Hall–Kier alpha value is -5.86. The zero-order valence-corrected chi connectivity index (χ0v) is 41.6. The topological polar surface area (TPSA) is 92.3 Å². The Morgan fingerprint density at radius 2 is 0.548 bits per heavy atom. The second-order valence-electron chi connectivity index (χ2n) is 18.6. The Bertz CT molecular complexity index is 2560.